The van der Waals surface area contributed by atoms with Gasteiger partial charge in [-0.1, -0.05) is 66.7 Å². The molecule has 3 N–H and O–H groups in total. The number of carboxylic acids is 1. The number of rotatable bonds is 13. The van der Waals surface area contributed by atoms with Crippen molar-refractivity contribution in [2.75, 3.05) is 40.3 Å². The number of ether oxygens (including phenoxy) is 1. The van der Waals surface area contributed by atoms with Gasteiger partial charge in [-0.25, -0.2) is 4.79 Å². The highest BCUT2D eigenvalue weighted by Gasteiger charge is 2.38. The van der Waals surface area contributed by atoms with Crippen LogP contribution in [0, 0.1) is 0 Å². The molecule has 0 heterocycles. The molecule has 3 rings (SSSR count). The number of carbonyl (C=O) groups is 1. The van der Waals surface area contributed by atoms with Crippen LogP contribution in [0.5, 0.6) is 5.75 Å². The van der Waals surface area contributed by atoms with Crippen LogP contribution in [0.2, 0.25) is 0 Å². The van der Waals surface area contributed by atoms with Crippen molar-refractivity contribution < 1.29 is 27.8 Å². The van der Waals surface area contributed by atoms with Gasteiger partial charge >= 0.3 is 12.1 Å². The highest BCUT2D eigenvalue weighted by Crippen LogP contribution is 2.20. The van der Waals surface area contributed by atoms with Crippen LogP contribution in [0.15, 0.2) is 78.9 Å². The van der Waals surface area contributed by atoms with Crippen LogP contribution >= 0.6 is 0 Å². The van der Waals surface area contributed by atoms with Crippen LogP contribution in [0.4, 0.5) is 13.2 Å². The first-order chi connectivity index (χ1) is 18.1. The van der Waals surface area contributed by atoms with Gasteiger partial charge in [0, 0.05) is 19.6 Å². The third-order valence-electron chi connectivity index (χ3n) is 5.39. The molecule has 0 saturated carbocycles. The topological polar surface area (TPSA) is 73.8 Å². The molecule has 0 atom stereocenters. The van der Waals surface area contributed by atoms with Gasteiger partial charge in [0.05, 0.1) is 0 Å². The summed E-state index contributed by atoms with van der Waals surface area (Å²) < 4.78 is 37.4. The Bertz CT molecular complexity index is 1060. The normalized spacial score (nSPS) is 11.1. The number of carboxylic acid groups (broad SMARTS) is 1. The second-order valence-corrected chi connectivity index (χ2v) is 8.87. The van der Waals surface area contributed by atoms with Crippen molar-refractivity contribution in [3.05, 3.63) is 90.0 Å². The van der Waals surface area contributed by atoms with E-state index < -0.39 is 12.1 Å². The summed E-state index contributed by atoms with van der Waals surface area (Å²) in [5, 5.41) is 14.1. The summed E-state index contributed by atoms with van der Waals surface area (Å²) in [4.78, 5) is 11.1. The SMILES string of the molecule is CN(C)CCCNCc1ccc(-c2ccc(CNCCOc3ccccc3)cc2)cc1.O=C(O)C(F)(F)F. The van der Waals surface area contributed by atoms with Gasteiger partial charge in [0.25, 0.3) is 0 Å². The number of nitrogens with one attached hydrogen (secondary N) is 2. The molecule has 3 aromatic carbocycles. The Morgan fingerprint density at radius 2 is 1.29 bits per heavy atom. The monoisotopic (exact) mass is 531 g/mol. The number of benzene rings is 3. The zero-order valence-corrected chi connectivity index (χ0v) is 21.8. The molecule has 0 fully saturated rings. The van der Waals surface area contributed by atoms with Gasteiger partial charge in [-0.2, -0.15) is 13.2 Å². The van der Waals surface area contributed by atoms with Crippen molar-refractivity contribution >= 4 is 5.97 Å². The zero-order chi connectivity index (χ0) is 27.8. The predicted molar refractivity (Wildman–Crippen MR) is 144 cm³/mol. The first-order valence-corrected chi connectivity index (χ1v) is 12.4. The maximum atomic E-state index is 10.6. The van der Waals surface area contributed by atoms with E-state index in [1.165, 1.54) is 28.7 Å². The maximum Gasteiger partial charge on any atom is 0.490 e. The summed E-state index contributed by atoms with van der Waals surface area (Å²) in [7, 11) is 4.23. The van der Waals surface area contributed by atoms with Crippen LogP contribution in [-0.4, -0.2) is 62.5 Å². The van der Waals surface area contributed by atoms with Crippen molar-refractivity contribution in [3.8, 4) is 16.9 Å². The van der Waals surface area contributed by atoms with Crippen molar-refractivity contribution in [1.82, 2.24) is 15.5 Å². The maximum absolute atomic E-state index is 10.6. The minimum atomic E-state index is -5.08. The van der Waals surface area contributed by atoms with Gasteiger partial charge in [-0.05, 0) is 68.0 Å². The Labute approximate surface area is 222 Å². The summed E-state index contributed by atoms with van der Waals surface area (Å²) in [6.07, 6.45) is -3.91. The fourth-order valence-corrected chi connectivity index (χ4v) is 3.37. The third-order valence-corrected chi connectivity index (χ3v) is 5.39. The quantitative estimate of drug-likeness (QED) is 0.264. The lowest BCUT2D eigenvalue weighted by molar-refractivity contribution is -0.192. The molecule has 0 saturated heterocycles. The number of nitrogens with zero attached hydrogens (tertiary/aromatic N) is 1. The highest BCUT2D eigenvalue weighted by atomic mass is 19.4. The van der Waals surface area contributed by atoms with Gasteiger partial charge in [0.15, 0.2) is 0 Å². The minimum Gasteiger partial charge on any atom is -0.492 e. The number of aliphatic carboxylic acids is 1. The lowest BCUT2D eigenvalue weighted by Gasteiger charge is -2.10. The second kappa shape index (κ2) is 16.4. The van der Waals surface area contributed by atoms with E-state index in [1.54, 1.807) is 0 Å². The van der Waals surface area contributed by atoms with Gasteiger partial charge in [0.1, 0.15) is 12.4 Å². The van der Waals surface area contributed by atoms with Crippen molar-refractivity contribution in [2.45, 2.75) is 25.7 Å². The number of alkyl halides is 3. The molecule has 0 aliphatic carbocycles. The van der Waals surface area contributed by atoms with E-state index in [-0.39, 0.29) is 0 Å². The third kappa shape index (κ3) is 12.7. The molecule has 0 aliphatic rings. The van der Waals surface area contributed by atoms with Gasteiger partial charge in [-0.15, -0.1) is 0 Å². The molecular formula is C29H36F3N3O3. The molecule has 0 aliphatic heterocycles. The minimum absolute atomic E-state index is 0.666. The molecule has 0 aromatic heterocycles. The first kappa shape index (κ1) is 30.8. The average molecular weight is 532 g/mol. The summed E-state index contributed by atoms with van der Waals surface area (Å²) in [5.41, 5.74) is 5.11. The predicted octanol–water partition coefficient (Wildman–Crippen LogP) is 5.20. The van der Waals surface area contributed by atoms with E-state index in [0.717, 1.165) is 38.5 Å². The Morgan fingerprint density at radius 1 is 0.816 bits per heavy atom. The highest BCUT2D eigenvalue weighted by molar-refractivity contribution is 5.73. The lowest BCUT2D eigenvalue weighted by Crippen LogP contribution is -2.21. The summed E-state index contributed by atoms with van der Waals surface area (Å²) in [5.74, 6) is -1.84. The molecule has 0 amide bonds. The average Bonchev–Trinajstić information content (AvgIpc) is 2.89. The molecule has 9 heteroatoms. The van der Waals surface area contributed by atoms with E-state index in [4.69, 9.17) is 14.6 Å². The Kier molecular flexibility index (Phi) is 13.3. The Morgan fingerprint density at radius 3 is 1.74 bits per heavy atom. The van der Waals surface area contributed by atoms with E-state index in [1.807, 2.05) is 30.3 Å². The van der Waals surface area contributed by atoms with Gasteiger partial charge < -0.3 is 25.4 Å². The fraction of sp³-hybridized carbons (Fsp3) is 0.345. The molecule has 0 unspecified atom stereocenters. The summed E-state index contributed by atoms with van der Waals surface area (Å²) in [6, 6.07) is 27.6. The van der Waals surface area contributed by atoms with Crippen LogP contribution < -0.4 is 15.4 Å². The molecule has 0 bridgehead atoms. The smallest absolute Gasteiger partial charge is 0.490 e. The molecule has 3 aromatic rings. The molecule has 6 nitrogen and oxygen atoms in total. The zero-order valence-electron chi connectivity index (χ0n) is 21.8. The van der Waals surface area contributed by atoms with E-state index in [0.29, 0.717) is 6.61 Å². The largest absolute Gasteiger partial charge is 0.492 e. The standard InChI is InChI=1S/C27H35N3O.C2HF3O2/c1-30(2)19-6-17-28-21-23-9-13-25(14-10-23)26-15-11-24(12-16-26)22-29-18-20-31-27-7-4-3-5-8-27;3-2(4,5)1(6)7/h3-5,7-16,28-29H,6,17-22H2,1-2H3;(H,6,7). The van der Waals surface area contributed by atoms with E-state index in [9.17, 15) is 13.2 Å². The number of hydrogen-bond donors (Lipinski definition) is 3. The number of hydrogen-bond acceptors (Lipinski definition) is 5. The summed E-state index contributed by atoms with van der Waals surface area (Å²) >= 11 is 0. The van der Waals surface area contributed by atoms with Gasteiger partial charge in [0.2, 0.25) is 0 Å². The molecule has 0 spiro atoms. The molecular weight excluding hydrogens is 495 g/mol. The van der Waals surface area contributed by atoms with E-state index in [2.05, 4.69) is 78.2 Å². The molecule has 0 radical (unpaired) electrons. The number of halogens is 3. The summed E-state index contributed by atoms with van der Waals surface area (Å²) in [6.45, 7) is 5.43. The fourth-order valence-electron chi connectivity index (χ4n) is 3.37. The van der Waals surface area contributed by atoms with Crippen LogP contribution in [0.3, 0.4) is 0 Å². The van der Waals surface area contributed by atoms with Crippen molar-refractivity contribution in [1.29, 1.82) is 0 Å². The Hall–Kier alpha value is -3.40. The lowest BCUT2D eigenvalue weighted by atomic mass is 10.0. The number of para-hydroxylation sites is 1. The molecule has 38 heavy (non-hydrogen) atoms. The van der Waals surface area contributed by atoms with Crippen LogP contribution in [0.25, 0.3) is 11.1 Å². The van der Waals surface area contributed by atoms with Gasteiger partial charge in [-0.3, -0.25) is 0 Å². The second-order valence-electron chi connectivity index (χ2n) is 8.87. The van der Waals surface area contributed by atoms with E-state index >= 15 is 0 Å². The van der Waals surface area contributed by atoms with Crippen molar-refractivity contribution in [2.24, 2.45) is 0 Å². The molecule has 206 valence electrons. The van der Waals surface area contributed by atoms with Crippen LogP contribution in [0.1, 0.15) is 17.5 Å². The van der Waals surface area contributed by atoms with Crippen molar-refractivity contribution in [3.63, 3.8) is 0 Å². The first-order valence-electron chi connectivity index (χ1n) is 12.4. The van der Waals surface area contributed by atoms with Crippen LogP contribution in [-0.2, 0) is 17.9 Å². The Balaban J connectivity index is 0.000000638.